The molecule has 0 heterocycles. The molecule has 3 nitrogen and oxygen atoms in total. The molecule has 0 aromatic heterocycles. The van der Waals surface area contributed by atoms with Crippen molar-refractivity contribution in [2.45, 2.75) is 27.3 Å². The van der Waals surface area contributed by atoms with Gasteiger partial charge in [-0.25, -0.2) is 0 Å². The first kappa shape index (κ1) is 12.3. The number of carbonyl (C=O) groups excluding carboxylic acids is 1. The van der Waals surface area contributed by atoms with E-state index in [0.717, 1.165) is 22.4 Å². The molecule has 0 fully saturated rings. The van der Waals surface area contributed by atoms with Crippen LogP contribution in [0.1, 0.15) is 23.6 Å². The largest absolute Gasteiger partial charge is 0.398 e. The molecule has 1 aromatic rings. The normalized spacial score (nSPS) is 9.94. The second kappa shape index (κ2) is 4.84. The Morgan fingerprint density at radius 2 is 2.06 bits per heavy atom. The zero-order chi connectivity index (χ0) is 12.3. The van der Waals surface area contributed by atoms with Crippen molar-refractivity contribution in [3.63, 3.8) is 0 Å². The number of benzene rings is 1. The van der Waals surface area contributed by atoms with E-state index in [0.29, 0.717) is 12.1 Å². The van der Waals surface area contributed by atoms with Crippen LogP contribution in [0.4, 0.5) is 5.69 Å². The molecule has 1 rings (SSSR count). The van der Waals surface area contributed by atoms with Gasteiger partial charge in [-0.3, -0.25) is 4.79 Å². The van der Waals surface area contributed by atoms with Crippen molar-refractivity contribution in [3.05, 3.63) is 41.0 Å². The van der Waals surface area contributed by atoms with Gasteiger partial charge in [-0.05, 0) is 37.5 Å². The first-order valence-electron chi connectivity index (χ1n) is 5.21. The Bertz CT molecular complexity index is 436. The number of amides is 1. The topological polar surface area (TPSA) is 55.1 Å². The molecule has 0 unspecified atom stereocenters. The second-order valence-electron chi connectivity index (χ2n) is 4.04. The van der Waals surface area contributed by atoms with E-state index in [2.05, 4.69) is 11.9 Å². The van der Waals surface area contributed by atoms with Gasteiger partial charge in [-0.2, -0.15) is 0 Å². The monoisotopic (exact) mass is 218 g/mol. The average Bonchev–Trinajstić information content (AvgIpc) is 2.24. The molecule has 0 aliphatic carbocycles. The maximum Gasteiger partial charge on any atom is 0.246 e. The lowest BCUT2D eigenvalue weighted by atomic mass is 10.0. The third-order valence-electron chi connectivity index (χ3n) is 2.67. The summed E-state index contributed by atoms with van der Waals surface area (Å²) in [6.45, 7) is 9.69. The van der Waals surface area contributed by atoms with E-state index < -0.39 is 0 Å². The van der Waals surface area contributed by atoms with Crippen molar-refractivity contribution in [2.24, 2.45) is 0 Å². The molecule has 1 aromatic carbocycles. The fourth-order valence-corrected chi connectivity index (χ4v) is 1.43. The fourth-order valence-electron chi connectivity index (χ4n) is 1.43. The van der Waals surface area contributed by atoms with E-state index in [9.17, 15) is 4.79 Å². The first-order valence-corrected chi connectivity index (χ1v) is 5.21. The number of anilines is 1. The predicted molar refractivity (Wildman–Crippen MR) is 67.0 cm³/mol. The average molecular weight is 218 g/mol. The van der Waals surface area contributed by atoms with Crippen LogP contribution in [0.15, 0.2) is 24.3 Å². The summed E-state index contributed by atoms with van der Waals surface area (Å²) in [5.74, 6) is -0.126. The molecule has 0 aliphatic heterocycles. The standard InChI is InChI=1S/C13H18N2O/c1-8(2)13(16)15-7-11-6-5-9(3)12(14)10(11)4/h5-6H,1,7,14H2,2-4H3,(H,15,16). The number of nitrogens with two attached hydrogens (primary N) is 1. The summed E-state index contributed by atoms with van der Waals surface area (Å²) in [5, 5.41) is 2.79. The number of carbonyl (C=O) groups is 1. The lowest BCUT2D eigenvalue weighted by Crippen LogP contribution is -2.23. The minimum absolute atomic E-state index is 0.126. The zero-order valence-corrected chi connectivity index (χ0v) is 10.1. The minimum atomic E-state index is -0.126. The molecule has 0 spiro atoms. The maximum absolute atomic E-state index is 11.3. The summed E-state index contributed by atoms with van der Waals surface area (Å²) in [6, 6.07) is 3.95. The zero-order valence-electron chi connectivity index (χ0n) is 10.1. The van der Waals surface area contributed by atoms with E-state index in [1.807, 2.05) is 26.0 Å². The number of hydrogen-bond acceptors (Lipinski definition) is 2. The van der Waals surface area contributed by atoms with E-state index in [-0.39, 0.29) is 5.91 Å². The molecular weight excluding hydrogens is 200 g/mol. The van der Waals surface area contributed by atoms with Crippen LogP contribution in [0.2, 0.25) is 0 Å². The molecule has 1 amide bonds. The van der Waals surface area contributed by atoms with Crippen molar-refractivity contribution >= 4 is 11.6 Å². The van der Waals surface area contributed by atoms with Gasteiger partial charge in [-0.15, -0.1) is 0 Å². The van der Waals surface area contributed by atoms with Gasteiger partial charge in [0.1, 0.15) is 0 Å². The van der Waals surface area contributed by atoms with E-state index in [4.69, 9.17) is 5.73 Å². The highest BCUT2D eigenvalue weighted by atomic mass is 16.1. The predicted octanol–water partition coefficient (Wildman–Crippen LogP) is 2.08. The van der Waals surface area contributed by atoms with Crippen molar-refractivity contribution < 1.29 is 4.79 Å². The Balaban J connectivity index is 2.79. The summed E-state index contributed by atoms with van der Waals surface area (Å²) in [5.41, 5.74) is 10.4. The van der Waals surface area contributed by atoms with Crippen LogP contribution >= 0.6 is 0 Å². The van der Waals surface area contributed by atoms with Gasteiger partial charge >= 0.3 is 0 Å². The Morgan fingerprint density at radius 1 is 1.44 bits per heavy atom. The number of nitrogens with one attached hydrogen (secondary N) is 1. The highest BCUT2D eigenvalue weighted by Gasteiger charge is 2.06. The molecule has 3 N–H and O–H groups in total. The van der Waals surface area contributed by atoms with E-state index in [1.54, 1.807) is 6.92 Å². The molecule has 0 aliphatic rings. The maximum atomic E-state index is 11.3. The molecule has 0 saturated heterocycles. The van der Waals surface area contributed by atoms with Gasteiger partial charge in [0.05, 0.1) is 0 Å². The third kappa shape index (κ3) is 2.63. The van der Waals surface area contributed by atoms with Gasteiger partial charge < -0.3 is 11.1 Å². The molecular formula is C13H18N2O. The van der Waals surface area contributed by atoms with Crippen LogP contribution in [-0.4, -0.2) is 5.91 Å². The Morgan fingerprint density at radius 3 is 2.62 bits per heavy atom. The van der Waals surface area contributed by atoms with Gasteiger partial charge in [0, 0.05) is 17.8 Å². The van der Waals surface area contributed by atoms with Crippen LogP contribution in [0.3, 0.4) is 0 Å². The molecule has 0 atom stereocenters. The molecule has 0 bridgehead atoms. The summed E-state index contributed by atoms with van der Waals surface area (Å²) >= 11 is 0. The Labute approximate surface area is 96.3 Å². The van der Waals surface area contributed by atoms with E-state index in [1.165, 1.54) is 0 Å². The van der Waals surface area contributed by atoms with Crippen LogP contribution in [0, 0.1) is 13.8 Å². The number of rotatable bonds is 3. The number of aryl methyl sites for hydroxylation is 1. The minimum Gasteiger partial charge on any atom is -0.398 e. The van der Waals surface area contributed by atoms with Gasteiger partial charge in [-0.1, -0.05) is 18.7 Å². The molecule has 0 radical (unpaired) electrons. The number of hydrogen-bond donors (Lipinski definition) is 2. The summed E-state index contributed by atoms with van der Waals surface area (Å²) < 4.78 is 0. The Kier molecular flexibility index (Phi) is 3.72. The van der Waals surface area contributed by atoms with Crippen molar-refractivity contribution in [1.29, 1.82) is 0 Å². The van der Waals surface area contributed by atoms with E-state index >= 15 is 0 Å². The molecule has 3 heteroatoms. The van der Waals surface area contributed by atoms with Gasteiger partial charge in [0.2, 0.25) is 5.91 Å². The summed E-state index contributed by atoms with van der Waals surface area (Å²) in [7, 11) is 0. The quantitative estimate of drug-likeness (QED) is 0.603. The smallest absolute Gasteiger partial charge is 0.246 e. The molecule has 16 heavy (non-hydrogen) atoms. The van der Waals surface area contributed by atoms with Crippen LogP contribution in [-0.2, 0) is 11.3 Å². The SMILES string of the molecule is C=C(C)C(=O)NCc1ccc(C)c(N)c1C. The van der Waals surface area contributed by atoms with Crippen molar-refractivity contribution in [2.75, 3.05) is 5.73 Å². The van der Waals surface area contributed by atoms with Gasteiger partial charge in [0.25, 0.3) is 0 Å². The van der Waals surface area contributed by atoms with Crippen LogP contribution in [0.5, 0.6) is 0 Å². The summed E-state index contributed by atoms with van der Waals surface area (Å²) in [6.07, 6.45) is 0. The van der Waals surface area contributed by atoms with Crippen molar-refractivity contribution in [3.8, 4) is 0 Å². The first-order chi connectivity index (χ1) is 7.43. The lowest BCUT2D eigenvalue weighted by molar-refractivity contribution is -0.117. The van der Waals surface area contributed by atoms with Crippen LogP contribution in [0.25, 0.3) is 0 Å². The lowest BCUT2D eigenvalue weighted by Gasteiger charge is -2.11. The Hall–Kier alpha value is -1.77. The van der Waals surface area contributed by atoms with Crippen LogP contribution < -0.4 is 11.1 Å². The number of nitrogen functional groups attached to an aromatic ring is 1. The summed E-state index contributed by atoms with van der Waals surface area (Å²) in [4.78, 5) is 11.3. The molecule has 0 saturated carbocycles. The fraction of sp³-hybridized carbons (Fsp3) is 0.308. The van der Waals surface area contributed by atoms with Gasteiger partial charge in [0.15, 0.2) is 0 Å². The molecule has 86 valence electrons. The van der Waals surface area contributed by atoms with Crippen molar-refractivity contribution in [1.82, 2.24) is 5.32 Å². The second-order valence-corrected chi connectivity index (χ2v) is 4.04. The highest BCUT2D eigenvalue weighted by Crippen LogP contribution is 2.20. The third-order valence-corrected chi connectivity index (χ3v) is 2.67. The highest BCUT2D eigenvalue weighted by molar-refractivity contribution is 5.92.